The van der Waals surface area contributed by atoms with Gasteiger partial charge in [-0.2, -0.15) is 0 Å². The van der Waals surface area contributed by atoms with E-state index in [4.69, 9.17) is 23.2 Å². The first kappa shape index (κ1) is 25.6. The molecule has 0 radical (unpaired) electrons. The van der Waals surface area contributed by atoms with Gasteiger partial charge in [-0.3, -0.25) is 13.9 Å². The van der Waals surface area contributed by atoms with Gasteiger partial charge in [-0.25, -0.2) is 8.42 Å². The number of anilines is 2. The van der Waals surface area contributed by atoms with E-state index in [1.807, 2.05) is 37.3 Å². The largest absolute Gasteiger partial charge is 0.345 e. The lowest BCUT2D eigenvalue weighted by Gasteiger charge is -2.23. The monoisotopic (exact) mass is 519 g/mol. The number of para-hydroxylation sites is 1. The van der Waals surface area contributed by atoms with Crippen LogP contribution in [0, 0.1) is 0 Å². The molecule has 34 heavy (non-hydrogen) atoms. The molecule has 0 aliphatic heterocycles. The molecule has 3 aromatic carbocycles. The maximum Gasteiger partial charge on any atom is 0.253 e. The van der Waals surface area contributed by atoms with Crippen molar-refractivity contribution in [1.29, 1.82) is 0 Å². The predicted molar refractivity (Wildman–Crippen MR) is 136 cm³/mol. The number of hydrogen-bond acceptors (Lipinski definition) is 4. The van der Waals surface area contributed by atoms with Gasteiger partial charge in [-0.1, -0.05) is 65.7 Å². The average Bonchev–Trinajstić information content (AvgIpc) is 2.79. The van der Waals surface area contributed by atoms with Crippen molar-refractivity contribution < 1.29 is 18.0 Å². The second kappa shape index (κ2) is 10.9. The Labute approximate surface area is 208 Å². The highest BCUT2D eigenvalue weighted by Crippen LogP contribution is 2.30. The summed E-state index contributed by atoms with van der Waals surface area (Å²) in [6.45, 7) is 1.29. The zero-order valence-corrected chi connectivity index (χ0v) is 20.8. The van der Waals surface area contributed by atoms with Gasteiger partial charge >= 0.3 is 0 Å². The standard InChI is InChI=1S/C24H23Cl2N3O4S/c1-16(17-8-4-3-5-9-17)27-24(31)19-10-6-7-11-21(19)28-23(30)15-29(34(2,32)33)22-14-18(25)12-13-20(22)26/h3-14,16H,15H2,1-2H3,(H,27,31)(H,28,30). The zero-order chi connectivity index (χ0) is 24.9. The van der Waals surface area contributed by atoms with E-state index in [2.05, 4.69) is 10.6 Å². The van der Waals surface area contributed by atoms with Crippen LogP contribution in [0.5, 0.6) is 0 Å². The molecule has 0 bridgehead atoms. The summed E-state index contributed by atoms with van der Waals surface area (Å²) >= 11 is 12.2. The molecule has 0 fully saturated rings. The topological polar surface area (TPSA) is 95.6 Å². The summed E-state index contributed by atoms with van der Waals surface area (Å²) in [6, 6.07) is 20.0. The molecule has 3 rings (SSSR count). The summed E-state index contributed by atoms with van der Waals surface area (Å²) in [5.41, 5.74) is 1.50. The van der Waals surface area contributed by atoms with E-state index in [0.717, 1.165) is 16.1 Å². The Morgan fingerprint density at radius 3 is 2.29 bits per heavy atom. The molecule has 7 nitrogen and oxygen atoms in total. The number of nitrogens with zero attached hydrogens (tertiary/aromatic N) is 1. The predicted octanol–water partition coefficient (Wildman–Crippen LogP) is 4.89. The molecule has 1 atom stereocenters. The first-order valence-corrected chi connectivity index (χ1v) is 12.8. The summed E-state index contributed by atoms with van der Waals surface area (Å²) in [6.07, 6.45) is 0.962. The first-order chi connectivity index (χ1) is 16.1. The number of amides is 2. The minimum atomic E-state index is -3.87. The molecule has 10 heteroatoms. The molecule has 178 valence electrons. The van der Waals surface area contributed by atoms with Crippen molar-refractivity contribution in [3.63, 3.8) is 0 Å². The van der Waals surface area contributed by atoms with Crippen LogP contribution in [0.4, 0.5) is 11.4 Å². The average molecular weight is 520 g/mol. The highest BCUT2D eigenvalue weighted by atomic mass is 35.5. The van der Waals surface area contributed by atoms with Crippen molar-refractivity contribution in [2.24, 2.45) is 0 Å². The summed E-state index contributed by atoms with van der Waals surface area (Å²) in [7, 11) is -3.87. The number of sulfonamides is 1. The maximum absolute atomic E-state index is 12.9. The molecule has 2 N–H and O–H groups in total. The van der Waals surface area contributed by atoms with Crippen LogP contribution < -0.4 is 14.9 Å². The van der Waals surface area contributed by atoms with E-state index in [0.29, 0.717) is 0 Å². The van der Waals surface area contributed by atoms with Gasteiger partial charge in [-0.15, -0.1) is 0 Å². The van der Waals surface area contributed by atoms with Crippen LogP contribution in [-0.4, -0.2) is 33.0 Å². The molecule has 0 aliphatic rings. The molecule has 0 heterocycles. The minimum absolute atomic E-state index is 0.0783. The van der Waals surface area contributed by atoms with E-state index >= 15 is 0 Å². The van der Waals surface area contributed by atoms with Gasteiger partial charge in [0.15, 0.2) is 0 Å². The highest BCUT2D eigenvalue weighted by molar-refractivity contribution is 7.92. The van der Waals surface area contributed by atoms with Crippen LogP contribution in [0.1, 0.15) is 28.9 Å². The zero-order valence-electron chi connectivity index (χ0n) is 18.5. The number of hydrogen-bond donors (Lipinski definition) is 2. The molecular weight excluding hydrogens is 497 g/mol. The lowest BCUT2D eigenvalue weighted by molar-refractivity contribution is -0.114. The fourth-order valence-electron chi connectivity index (χ4n) is 3.27. The summed E-state index contributed by atoms with van der Waals surface area (Å²) in [5.74, 6) is -1.04. The third kappa shape index (κ3) is 6.50. The third-order valence-electron chi connectivity index (χ3n) is 4.96. The molecule has 3 aromatic rings. The summed E-state index contributed by atoms with van der Waals surface area (Å²) < 4.78 is 25.6. The minimum Gasteiger partial charge on any atom is -0.345 e. The molecular formula is C24H23Cl2N3O4S. The number of halogens is 2. The Morgan fingerprint density at radius 1 is 0.971 bits per heavy atom. The van der Waals surface area contributed by atoms with E-state index in [-0.39, 0.29) is 38.9 Å². The number of carbonyl (C=O) groups is 2. The van der Waals surface area contributed by atoms with Gasteiger partial charge in [-0.05, 0) is 42.8 Å². The van der Waals surface area contributed by atoms with Gasteiger partial charge in [0.25, 0.3) is 5.91 Å². The first-order valence-electron chi connectivity index (χ1n) is 10.2. The van der Waals surface area contributed by atoms with Crippen LogP contribution in [-0.2, 0) is 14.8 Å². The van der Waals surface area contributed by atoms with Gasteiger partial charge in [0, 0.05) is 5.02 Å². The fourth-order valence-corrected chi connectivity index (χ4v) is 4.56. The van der Waals surface area contributed by atoms with E-state index in [1.165, 1.54) is 18.2 Å². The van der Waals surface area contributed by atoms with Crippen LogP contribution in [0.3, 0.4) is 0 Å². The van der Waals surface area contributed by atoms with Gasteiger partial charge in [0.2, 0.25) is 15.9 Å². The smallest absolute Gasteiger partial charge is 0.253 e. The van der Waals surface area contributed by atoms with Crippen LogP contribution in [0.25, 0.3) is 0 Å². The fraction of sp³-hybridized carbons (Fsp3) is 0.167. The number of nitrogens with one attached hydrogen (secondary N) is 2. The Bertz CT molecular complexity index is 1300. The highest BCUT2D eigenvalue weighted by Gasteiger charge is 2.24. The summed E-state index contributed by atoms with van der Waals surface area (Å²) in [5, 5.41) is 5.92. The van der Waals surface area contributed by atoms with Gasteiger partial charge < -0.3 is 10.6 Å². The molecule has 2 amide bonds. The SMILES string of the molecule is CC(NC(=O)c1ccccc1NC(=O)CN(c1cc(Cl)ccc1Cl)S(C)(=O)=O)c1ccccc1. The quantitative estimate of drug-likeness (QED) is 0.442. The van der Waals surface area contributed by atoms with Gasteiger partial charge in [0.1, 0.15) is 6.54 Å². The van der Waals surface area contributed by atoms with E-state index < -0.39 is 22.5 Å². The third-order valence-corrected chi connectivity index (χ3v) is 6.64. The van der Waals surface area contributed by atoms with Crippen molar-refractivity contribution in [3.8, 4) is 0 Å². The molecule has 0 spiro atoms. The summed E-state index contributed by atoms with van der Waals surface area (Å²) in [4.78, 5) is 25.7. The number of rotatable bonds is 8. The van der Waals surface area contributed by atoms with Crippen LogP contribution in [0.15, 0.2) is 72.8 Å². The van der Waals surface area contributed by atoms with Crippen LogP contribution >= 0.6 is 23.2 Å². The number of benzene rings is 3. The Hall–Kier alpha value is -3.07. The van der Waals surface area contributed by atoms with Crippen molar-refractivity contribution in [2.75, 3.05) is 22.4 Å². The lowest BCUT2D eigenvalue weighted by Crippen LogP contribution is -2.38. The molecule has 0 aromatic heterocycles. The van der Waals surface area contributed by atoms with Crippen LogP contribution in [0.2, 0.25) is 10.0 Å². The Balaban J connectivity index is 1.79. The Morgan fingerprint density at radius 2 is 1.62 bits per heavy atom. The van der Waals surface area contributed by atoms with Crippen molar-refractivity contribution in [1.82, 2.24) is 5.32 Å². The second-order valence-corrected chi connectivity index (χ2v) is 10.3. The van der Waals surface area contributed by atoms with Gasteiger partial charge in [0.05, 0.1) is 34.3 Å². The van der Waals surface area contributed by atoms with Crippen molar-refractivity contribution in [2.45, 2.75) is 13.0 Å². The number of carbonyl (C=O) groups excluding carboxylic acids is 2. The van der Waals surface area contributed by atoms with E-state index in [1.54, 1.807) is 24.3 Å². The van der Waals surface area contributed by atoms with Crippen molar-refractivity contribution in [3.05, 3.63) is 94.0 Å². The Kier molecular flexibility index (Phi) is 8.19. The molecule has 0 saturated heterocycles. The second-order valence-electron chi connectivity index (χ2n) is 7.56. The lowest BCUT2D eigenvalue weighted by atomic mass is 10.1. The molecule has 0 saturated carbocycles. The van der Waals surface area contributed by atoms with Crippen molar-refractivity contribution >= 4 is 56.4 Å². The van der Waals surface area contributed by atoms with E-state index in [9.17, 15) is 18.0 Å². The molecule has 0 aliphatic carbocycles. The molecule has 1 unspecified atom stereocenters. The normalized spacial score (nSPS) is 12.0. The maximum atomic E-state index is 12.9.